The molecule has 1 saturated heterocycles. The summed E-state index contributed by atoms with van der Waals surface area (Å²) in [6.07, 6.45) is 0.788. The fourth-order valence-electron chi connectivity index (χ4n) is 2.87. The maximum Gasteiger partial charge on any atom is 0.267 e. The Bertz CT molecular complexity index is 994. The van der Waals surface area contributed by atoms with Crippen molar-refractivity contribution in [3.8, 4) is 5.69 Å². The number of nitrogens with zero attached hydrogens (tertiary/aromatic N) is 2. The van der Waals surface area contributed by atoms with Gasteiger partial charge in [-0.15, -0.1) is 0 Å². The minimum atomic E-state index is -0.760. The van der Waals surface area contributed by atoms with Crippen LogP contribution in [0, 0.1) is 11.6 Å². The van der Waals surface area contributed by atoms with Gasteiger partial charge in [-0.25, -0.2) is 13.8 Å². The molecule has 4 rings (SSSR count). The zero-order chi connectivity index (χ0) is 16.8. The number of halogens is 3. The fraction of sp³-hybridized carbons (Fsp3) is 0.176. The molecule has 0 aliphatic carbocycles. The molecule has 0 radical (unpaired) electrons. The zero-order valence-electron chi connectivity index (χ0n) is 12.4. The molecule has 3 aromatic rings. The molecule has 1 unspecified atom stereocenters. The van der Waals surface area contributed by atoms with Crippen molar-refractivity contribution in [1.29, 1.82) is 0 Å². The van der Waals surface area contributed by atoms with Crippen molar-refractivity contribution < 1.29 is 8.78 Å². The highest BCUT2D eigenvalue weighted by atomic mass is 35.5. The number of hydrogen-bond donors (Lipinski definition) is 1. The van der Waals surface area contributed by atoms with Gasteiger partial charge in [0, 0.05) is 6.07 Å². The molecule has 0 spiro atoms. The second-order valence-electron chi connectivity index (χ2n) is 5.67. The minimum Gasteiger partial charge on any atom is -0.307 e. The van der Waals surface area contributed by atoms with Crippen molar-refractivity contribution in [1.82, 2.24) is 14.9 Å². The number of hydrogen-bond acceptors (Lipinski definition) is 3. The molecule has 1 N–H and O–H groups in total. The van der Waals surface area contributed by atoms with E-state index in [1.54, 1.807) is 18.2 Å². The van der Waals surface area contributed by atoms with Gasteiger partial charge in [-0.05, 0) is 37.2 Å². The first kappa shape index (κ1) is 15.2. The Hall–Kier alpha value is -2.31. The summed E-state index contributed by atoms with van der Waals surface area (Å²) < 4.78 is 28.5. The smallest absolute Gasteiger partial charge is 0.267 e. The predicted octanol–water partition coefficient (Wildman–Crippen LogP) is 3.35. The third-order valence-corrected chi connectivity index (χ3v) is 4.43. The average molecular weight is 348 g/mol. The van der Waals surface area contributed by atoms with E-state index < -0.39 is 17.2 Å². The molecule has 1 atom stereocenters. The standard InChI is InChI=1S/C17H12ClF2N3O/c18-12-2-1-3-13-15(12)17(24)23(16(22-13)14-4-5-21-14)11-7-9(19)6-10(20)8-11/h1-3,6-8,14,21H,4-5H2. The molecule has 1 fully saturated rings. The molecule has 0 saturated carbocycles. The summed E-state index contributed by atoms with van der Waals surface area (Å²) in [7, 11) is 0. The van der Waals surface area contributed by atoms with Gasteiger partial charge in [-0.1, -0.05) is 17.7 Å². The Morgan fingerprint density at radius 2 is 1.92 bits per heavy atom. The number of rotatable bonds is 2. The van der Waals surface area contributed by atoms with Gasteiger partial charge in [0.25, 0.3) is 5.56 Å². The van der Waals surface area contributed by atoms with Gasteiger partial charge in [0.1, 0.15) is 17.5 Å². The Balaban J connectivity index is 2.10. The predicted molar refractivity (Wildman–Crippen MR) is 87.6 cm³/mol. The van der Waals surface area contributed by atoms with Crippen molar-refractivity contribution in [2.75, 3.05) is 6.54 Å². The lowest BCUT2D eigenvalue weighted by molar-refractivity contribution is 0.360. The molecular formula is C17H12ClF2N3O. The Kier molecular flexibility index (Phi) is 3.58. The van der Waals surface area contributed by atoms with Gasteiger partial charge in [0.2, 0.25) is 0 Å². The van der Waals surface area contributed by atoms with E-state index in [-0.39, 0.29) is 22.1 Å². The highest BCUT2D eigenvalue weighted by Gasteiger charge is 2.26. The van der Waals surface area contributed by atoms with Crippen LogP contribution < -0.4 is 10.9 Å². The van der Waals surface area contributed by atoms with Crippen LogP contribution in [0.2, 0.25) is 5.02 Å². The summed E-state index contributed by atoms with van der Waals surface area (Å²) in [5.41, 5.74) is 0.110. The largest absolute Gasteiger partial charge is 0.307 e. The van der Waals surface area contributed by atoms with Gasteiger partial charge < -0.3 is 5.32 Å². The van der Waals surface area contributed by atoms with Gasteiger partial charge in [0.05, 0.1) is 27.7 Å². The van der Waals surface area contributed by atoms with E-state index in [1.165, 1.54) is 4.57 Å². The highest BCUT2D eigenvalue weighted by Crippen LogP contribution is 2.27. The third kappa shape index (κ3) is 2.39. The lowest BCUT2D eigenvalue weighted by Gasteiger charge is -2.29. The molecule has 1 aromatic heterocycles. The van der Waals surface area contributed by atoms with Crippen molar-refractivity contribution >= 4 is 22.5 Å². The minimum absolute atomic E-state index is 0.0931. The quantitative estimate of drug-likeness (QED) is 0.773. The highest BCUT2D eigenvalue weighted by molar-refractivity contribution is 6.35. The van der Waals surface area contributed by atoms with Crippen LogP contribution in [0.25, 0.3) is 16.6 Å². The second-order valence-corrected chi connectivity index (χ2v) is 6.07. The number of nitrogens with one attached hydrogen (secondary N) is 1. The molecule has 2 aromatic carbocycles. The average Bonchev–Trinajstić information content (AvgIpc) is 2.44. The van der Waals surface area contributed by atoms with E-state index in [4.69, 9.17) is 11.6 Å². The van der Waals surface area contributed by atoms with E-state index in [0.29, 0.717) is 11.3 Å². The molecule has 122 valence electrons. The van der Waals surface area contributed by atoms with Crippen molar-refractivity contribution in [2.24, 2.45) is 0 Å². The SMILES string of the molecule is O=c1c2c(Cl)cccc2nc(C2CCN2)n1-c1cc(F)cc(F)c1. The summed E-state index contributed by atoms with van der Waals surface area (Å²) in [5.74, 6) is -1.10. The first-order valence-corrected chi connectivity index (χ1v) is 7.83. The van der Waals surface area contributed by atoms with Gasteiger partial charge >= 0.3 is 0 Å². The van der Waals surface area contributed by atoms with Gasteiger partial charge in [-0.2, -0.15) is 0 Å². The van der Waals surface area contributed by atoms with Crippen LogP contribution in [0.15, 0.2) is 41.2 Å². The van der Waals surface area contributed by atoms with Crippen LogP contribution in [0.4, 0.5) is 8.78 Å². The molecule has 7 heteroatoms. The summed E-state index contributed by atoms with van der Waals surface area (Å²) in [6.45, 7) is 0.797. The van der Waals surface area contributed by atoms with E-state index in [2.05, 4.69) is 10.3 Å². The molecule has 0 amide bonds. The van der Waals surface area contributed by atoms with E-state index in [1.807, 2.05) is 0 Å². The monoisotopic (exact) mass is 347 g/mol. The van der Waals surface area contributed by atoms with Crippen molar-refractivity contribution in [3.05, 3.63) is 69.2 Å². The van der Waals surface area contributed by atoms with E-state index in [0.717, 1.165) is 31.2 Å². The molecule has 1 aliphatic rings. The number of fused-ring (bicyclic) bond motifs is 1. The number of aromatic nitrogens is 2. The van der Waals surface area contributed by atoms with Gasteiger partial charge in [-0.3, -0.25) is 9.36 Å². The Morgan fingerprint density at radius 3 is 2.54 bits per heavy atom. The Morgan fingerprint density at radius 1 is 1.21 bits per heavy atom. The lowest BCUT2D eigenvalue weighted by atomic mass is 10.1. The lowest BCUT2D eigenvalue weighted by Crippen LogP contribution is -2.40. The summed E-state index contributed by atoms with van der Waals surface area (Å²) >= 11 is 6.15. The van der Waals surface area contributed by atoms with Crippen LogP contribution in [0.5, 0.6) is 0 Å². The van der Waals surface area contributed by atoms with E-state index >= 15 is 0 Å². The molecule has 1 aliphatic heterocycles. The summed E-state index contributed by atoms with van der Waals surface area (Å²) in [6, 6.07) is 7.82. The first-order valence-electron chi connectivity index (χ1n) is 7.45. The normalized spacial score (nSPS) is 17.0. The molecule has 0 bridgehead atoms. The van der Waals surface area contributed by atoms with Crippen molar-refractivity contribution in [3.63, 3.8) is 0 Å². The third-order valence-electron chi connectivity index (χ3n) is 4.11. The van der Waals surface area contributed by atoms with Crippen LogP contribution >= 0.6 is 11.6 Å². The zero-order valence-corrected chi connectivity index (χ0v) is 13.1. The van der Waals surface area contributed by atoms with Crippen LogP contribution in [-0.2, 0) is 0 Å². The first-order chi connectivity index (χ1) is 11.5. The van der Waals surface area contributed by atoms with Gasteiger partial charge in [0.15, 0.2) is 0 Å². The molecule has 2 heterocycles. The molecular weight excluding hydrogens is 336 g/mol. The Labute approximate surface area is 140 Å². The summed E-state index contributed by atoms with van der Waals surface area (Å²) in [5, 5.41) is 3.65. The van der Waals surface area contributed by atoms with Crippen LogP contribution in [0.1, 0.15) is 18.3 Å². The maximum atomic E-state index is 13.6. The maximum absolute atomic E-state index is 13.6. The van der Waals surface area contributed by atoms with Crippen LogP contribution in [-0.4, -0.2) is 16.1 Å². The molecule has 4 nitrogen and oxygen atoms in total. The summed E-state index contributed by atoms with van der Waals surface area (Å²) in [4.78, 5) is 17.5. The second kappa shape index (κ2) is 5.65. The fourth-order valence-corrected chi connectivity index (χ4v) is 3.12. The van der Waals surface area contributed by atoms with Crippen LogP contribution in [0.3, 0.4) is 0 Å². The van der Waals surface area contributed by atoms with Crippen molar-refractivity contribution in [2.45, 2.75) is 12.5 Å². The topological polar surface area (TPSA) is 46.9 Å². The molecule has 24 heavy (non-hydrogen) atoms. The van der Waals surface area contributed by atoms with E-state index in [9.17, 15) is 13.6 Å². The number of benzene rings is 2.